The second-order valence-electron chi connectivity index (χ2n) is 6.13. The molecule has 0 bridgehead atoms. The van der Waals surface area contributed by atoms with Crippen molar-refractivity contribution in [3.8, 4) is 0 Å². The minimum atomic E-state index is -0.829. The van der Waals surface area contributed by atoms with Crippen LogP contribution in [0.5, 0.6) is 0 Å². The van der Waals surface area contributed by atoms with E-state index in [0.717, 1.165) is 18.7 Å². The van der Waals surface area contributed by atoms with E-state index in [1.165, 1.54) is 5.69 Å². The number of rotatable bonds is 5. The predicted molar refractivity (Wildman–Crippen MR) is 102 cm³/mol. The van der Waals surface area contributed by atoms with Crippen molar-refractivity contribution in [2.45, 2.75) is 12.5 Å². The molecule has 0 unspecified atom stereocenters. The van der Waals surface area contributed by atoms with Crippen LogP contribution in [-0.4, -0.2) is 48.2 Å². The molecule has 0 amide bonds. The Hall–Kier alpha value is -1.75. The molecule has 1 aliphatic rings. The first kappa shape index (κ1) is 18.1. The number of para-hydroxylation sites is 1. The average Bonchev–Trinajstić information content (AvgIpc) is 2.63. The van der Waals surface area contributed by atoms with E-state index in [-0.39, 0.29) is 0 Å². The van der Waals surface area contributed by atoms with E-state index < -0.39 is 12.0 Å². The normalized spacial score (nSPS) is 16.6. The predicted octanol–water partition coefficient (Wildman–Crippen LogP) is 3.81. The third-order valence-corrected chi connectivity index (χ3v) is 5.46. The van der Waals surface area contributed by atoms with E-state index in [1.807, 2.05) is 29.2 Å². The highest BCUT2D eigenvalue weighted by atomic mass is 35.5. The molecular formula is C19H20Cl2N2O2. The Kier molecular flexibility index (Phi) is 5.84. The second kappa shape index (κ2) is 8.09. The van der Waals surface area contributed by atoms with E-state index >= 15 is 0 Å². The van der Waals surface area contributed by atoms with Gasteiger partial charge in [-0.05, 0) is 23.8 Å². The maximum atomic E-state index is 11.8. The topological polar surface area (TPSA) is 43.8 Å². The maximum Gasteiger partial charge on any atom is 0.321 e. The van der Waals surface area contributed by atoms with Crippen molar-refractivity contribution < 1.29 is 9.90 Å². The van der Waals surface area contributed by atoms with Crippen molar-refractivity contribution in [3.63, 3.8) is 0 Å². The van der Waals surface area contributed by atoms with Gasteiger partial charge in [0.15, 0.2) is 0 Å². The van der Waals surface area contributed by atoms with Crippen LogP contribution in [-0.2, 0) is 11.2 Å². The third-order valence-electron chi connectivity index (χ3n) is 4.61. The Balaban J connectivity index is 1.68. The van der Waals surface area contributed by atoms with Crippen LogP contribution in [0.25, 0.3) is 0 Å². The SMILES string of the molecule is O=C(O)[C@@H](Cc1cccc(Cl)c1Cl)N1CCN(c2ccccc2)CC1. The number of anilines is 1. The molecule has 2 aromatic rings. The number of aliphatic carboxylic acids is 1. The van der Waals surface area contributed by atoms with E-state index in [2.05, 4.69) is 17.0 Å². The molecule has 0 aliphatic carbocycles. The summed E-state index contributed by atoms with van der Waals surface area (Å²) < 4.78 is 0. The Morgan fingerprint density at radius 3 is 2.32 bits per heavy atom. The Morgan fingerprint density at radius 2 is 1.68 bits per heavy atom. The molecule has 2 aromatic carbocycles. The van der Waals surface area contributed by atoms with Crippen molar-refractivity contribution >= 4 is 34.9 Å². The summed E-state index contributed by atoms with van der Waals surface area (Å²) in [4.78, 5) is 16.1. The van der Waals surface area contributed by atoms with Crippen LogP contribution in [0, 0.1) is 0 Å². The lowest BCUT2D eigenvalue weighted by Crippen LogP contribution is -2.53. The summed E-state index contributed by atoms with van der Waals surface area (Å²) in [6, 6.07) is 14.9. The summed E-state index contributed by atoms with van der Waals surface area (Å²) in [6.07, 6.45) is 0.347. The van der Waals surface area contributed by atoms with Gasteiger partial charge in [-0.1, -0.05) is 53.5 Å². The quantitative estimate of drug-likeness (QED) is 0.858. The average molecular weight is 379 g/mol. The fourth-order valence-electron chi connectivity index (χ4n) is 3.22. The van der Waals surface area contributed by atoms with Crippen molar-refractivity contribution in [2.75, 3.05) is 31.1 Å². The molecular weight excluding hydrogens is 359 g/mol. The third kappa shape index (κ3) is 4.27. The summed E-state index contributed by atoms with van der Waals surface area (Å²) in [5.74, 6) is -0.829. The zero-order valence-electron chi connectivity index (χ0n) is 13.7. The van der Waals surface area contributed by atoms with Crippen molar-refractivity contribution in [2.24, 2.45) is 0 Å². The van der Waals surface area contributed by atoms with Crippen LogP contribution in [0.3, 0.4) is 0 Å². The molecule has 0 spiro atoms. The molecule has 1 heterocycles. The number of carboxylic acid groups (broad SMARTS) is 1. The van der Waals surface area contributed by atoms with Crippen LogP contribution < -0.4 is 4.90 Å². The molecule has 0 radical (unpaired) electrons. The van der Waals surface area contributed by atoms with Crippen LogP contribution in [0.2, 0.25) is 10.0 Å². The molecule has 0 aromatic heterocycles. The fraction of sp³-hybridized carbons (Fsp3) is 0.316. The highest BCUT2D eigenvalue weighted by Gasteiger charge is 2.29. The summed E-state index contributed by atoms with van der Waals surface area (Å²) in [7, 11) is 0. The molecule has 6 heteroatoms. The van der Waals surface area contributed by atoms with Crippen LogP contribution in [0.15, 0.2) is 48.5 Å². The van der Waals surface area contributed by atoms with Crippen molar-refractivity contribution in [1.82, 2.24) is 4.90 Å². The monoisotopic (exact) mass is 378 g/mol. The minimum absolute atomic E-state index is 0.347. The van der Waals surface area contributed by atoms with Crippen LogP contribution in [0.1, 0.15) is 5.56 Å². The number of hydrogen-bond donors (Lipinski definition) is 1. The number of halogens is 2. The van der Waals surface area contributed by atoms with E-state index in [4.69, 9.17) is 23.2 Å². The van der Waals surface area contributed by atoms with Gasteiger partial charge in [-0.3, -0.25) is 9.69 Å². The van der Waals surface area contributed by atoms with Gasteiger partial charge in [0, 0.05) is 38.3 Å². The fourth-order valence-corrected chi connectivity index (χ4v) is 3.61. The zero-order valence-corrected chi connectivity index (χ0v) is 15.2. The molecule has 3 rings (SSSR count). The highest BCUT2D eigenvalue weighted by molar-refractivity contribution is 6.42. The standard InChI is InChI=1S/C19H20Cl2N2O2/c20-16-8-4-5-14(18(16)21)13-17(19(24)25)23-11-9-22(10-12-23)15-6-2-1-3-7-15/h1-8,17H,9-13H2,(H,24,25)/t17-/m1/s1. The summed E-state index contributed by atoms with van der Waals surface area (Å²) >= 11 is 12.3. The number of carbonyl (C=O) groups is 1. The van der Waals surface area contributed by atoms with Gasteiger partial charge in [-0.2, -0.15) is 0 Å². The number of piperazine rings is 1. The molecule has 132 valence electrons. The van der Waals surface area contributed by atoms with Gasteiger partial charge >= 0.3 is 5.97 Å². The summed E-state index contributed by atoms with van der Waals surface area (Å²) in [5, 5.41) is 10.6. The van der Waals surface area contributed by atoms with Gasteiger partial charge in [-0.25, -0.2) is 0 Å². The number of benzene rings is 2. The first-order chi connectivity index (χ1) is 12.1. The molecule has 1 aliphatic heterocycles. The summed E-state index contributed by atoms with van der Waals surface area (Å²) in [6.45, 7) is 3.00. The molecule has 25 heavy (non-hydrogen) atoms. The van der Waals surface area contributed by atoms with Crippen LogP contribution in [0.4, 0.5) is 5.69 Å². The van der Waals surface area contributed by atoms with Gasteiger partial charge in [0.2, 0.25) is 0 Å². The number of carboxylic acids is 1. The Labute approximate surface area is 157 Å². The second-order valence-corrected chi connectivity index (χ2v) is 6.91. The maximum absolute atomic E-state index is 11.8. The van der Waals surface area contributed by atoms with E-state index in [9.17, 15) is 9.90 Å². The first-order valence-corrected chi connectivity index (χ1v) is 9.01. The van der Waals surface area contributed by atoms with Crippen molar-refractivity contribution in [1.29, 1.82) is 0 Å². The van der Waals surface area contributed by atoms with E-state index in [0.29, 0.717) is 29.6 Å². The highest BCUT2D eigenvalue weighted by Crippen LogP contribution is 2.27. The molecule has 1 atom stereocenters. The lowest BCUT2D eigenvalue weighted by Gasteiger charge is -2.39. The van der Waals surface area contributed by atoms with E-state index in [1.54, 1.807) is 12.1 Å². The van der Waals surface area contributed by atoms with Gasteiger partial charge in [0.25, 0.3) is 0 Å². The Morgan fingerprint density at radius 1 is 1.00 bits per heavy atom. The number of nitrogens with zero attached hydrogens (tertiary/aromatic N) is 2. The molecule has 1 N–H and O–H groups in total. The van der Waals surface area contributed by atoms with Gasteiger partial charge < -0.3 is 10.0 Å². The summed E-state index contributed by atoms with van der Waals surface area (Å²) in [5.41, 5.74) is 1.94. The van der Waals surface area contributed by atoms with Gasteiger partial charge in [0.1, 0.15) is 6.04 Å². The first-order valence-electron chi connectivity index (χ1n) is 8.26. The lowest BCUT2D eigenvalue weighted by atomic mass is 10.0. The molecule has 1 saturated heterocycles. The lowest BCUT2D eigenvalue weighted by molar-refractivity contribution is -0.143. The molecule has 4 nitrogen and oxygen atoms in total. The largest absolute Gasteiger partial charge is 0.480 e. The van der Waals surface area contributed by atoms with Gasteiger partial charge in [0.05, 0.1) is 10.0 Å². The smallest absolute Gasteiger partial charge is 0.321 e. The Bertz CT molecular complexity index is 731. The molecule has 0 saturated carbocycles. The van der Waals surface area contributed by atoms with Gasteiger partial charge in [-0.15, -0.1) is 0 Å². The zero-order chi connectivity index (χ0) is 17.8. The minimum Gasteiger partial charge on any atom is -0.480 e. The van der Waals surface area contributed by atoms with Crippen molar-refractivity contribution in [3.05, 3.63) is 64.1 Å². The van der Waals surface area contributed by atoms with Crippen LogP contribution >= 0.6 is 23.2 Å². The molecule has 1 fully saturated rings. The number of hydrogen-bond acceptors (Lipinski definition) is 3.